The molecular weight excluding hydrogens is 370 g/mol. The first-order valence-corrected chi connectivity index (χ1v) is 12.6. The highest BCUT2D eigenvalue weighted by atomic mass is 32.2. The molecule has 0 radical (unpaired) electrons. The maximum atomic E-state index is 11.8. The van der Waals surface area contributed by atoms with Crippen LogP contribution in [-0.4, -0.2) is 63.2 Å². The lowest BCUT2D eigenvalue weighted by Gasteiger charge is -2.54. The van der Waals surface area contributed by atoms with Crippen molar-refractivity contribution < 1.29 is 8.42 Å². The molecule has 1 atom stereocenters. The van der Waals surface area contributed by atoms with Gasteiger partial charge in [-0.25, -0.2) is 13.1 Å². The van der Waals surface area contributed by atoms with E-state index in [0.29, 0.717) is 12.5 Å². The minimum absolute atomic E-state index is 0.220. The van der Waals surface area contributed by atoms with E-state index >= 15 is 0 Å². The average molecular weight is 408 g/mol. The van der Waals surface area contributed by atoms with Gasteiger partial charge in [0.15, 0.2) is 0 Å². The number of likely N-dealkylation sites (tertiary alicyclic amines) is 2. The van der Waals surface area contributed by atoms with Crippen LogP contribution in [0.1, 0.15) is 45.1 Å². The monoisotopic (exact) mass is 407 g/mol. The van der Waals surface area contributed by atoms with Gasteiger partial charge in [-0.2, -0.15) is 0 Å². The molecule has 1 N–H and O–H groups in total. The van der Waals surface area contributed by atoms with Gasteiger partial charge in [0.25, 0.3) is 0 Å². The van der Waals surface area contributed by atoms with Crippen molar-refractivity contribution in [2.45, 2.75) is 52.1 Å². The molecule has 0 saturated carbocycles. The van der Waals surface area contributed by atoms with Crippen LogP contribution in [0.2, 0.25) is 0 Å². The van der Waals surface area contributed by atoms with E-state index in [2.05, 4.69) is 52.6 Å². The molecule has 28 heavy (non-hydrogen) atoms. The maximum Gasteiger partial charge on any atom is 0.208 e. The molecule has 158 valence electrons. The molecule has 2 fully saturated rings. The van der Waals surface area contributed by atoms with Gasteiger partial charge >= 0.3 is 0 Å². The van der Waals surface area contributed by atoms with Crippen LogP contribution in [0.25, 0.3) is 0 Å². The first kappa shape index (κ1) is 21.8. The zero-order chi connectivity index (χ0) is 20.2. The molecule has 1 spiro atoms. The molecule has 0 aliphatic carbocycles. The zero-order valence-corrected chi connectivity index (χ0v) is 18.5. The molecule has 0 unspecified atom stereocenters. The number of sulfonamides is 1. The fraction of sp³-hybridized carbons (Fsp3) is 0.727. The standard InChI is InChI=1S/C22H37N3O2S/c1-19(2)17-24-14-11-22(12-15-24)10-7-13-25(18-20-8-5-4-6-9-20)21(22)16-23-28(3,26)27/h4-6,8-9,19,21,23H,7,10-18H2,1-3H3/t21-/m0/s1. The molecule has 2 aliphatic rings. The summed E-state index contributed by atoms with van der Waals surface area (Å²) in [6.07, 6.45) is 6.02. The van der Waals surface area contributed by atoms with Crippen molar-refractivity contribution in [2.24, 2.45) is 11.3 Å². The van der Waals surface area contributed by atoms with Crippen LogP contribution in [0.3, 0.4) is 0 Å². The van der Waals surface area contributed by atoms with Crippen LogP contribution in [0.4, 0.5) is 0 Å². The van der Waals surface area contributed by atoms with E-state index in [1.54, 1.807) is 0 Å². The Morgan fingerprint density at radius 3 is 2.39 bits per heavy atom. The van der Waals surface area contributed by atoms with Gasteiger partial charge in [-0.3, -0.25) is 4.90 Å². The van der Waals surface area contributed by atoms with Gasteiger partial charge in [0.2, 0.25) is 10.0 Å². The summed E-state index contributed by atoms with van der Waals surface area (Å²) in [5, 5.41) is 0. The molecule has 2 aliphatic heterocycles. The Hall–Kier alpha value is -0.950. The Balaban J connectivity index is 1.77. The van der Waals surface area contributed by atoms with Crippen molar-refractivity contribution in [3.63, 3.8) is 0 Å². The molecular formula is C22H37N3O2S. The molecule has 0 aromatic heterocycles. The third-order valence-electron chi connectivity index (χ3n) is 6.51. The molecule has 3 rings (SSSR count). The topological polar surface area (TPSA) is 52.6 Å². The summed E-state index contributed by atoms with van der Waals surface area (Å²) in [6, 6.07) is 10.8. The van der Waals surface area contributed by atoms with Crippen LogP contribution < -0.4 is 4.72 Å². The second-order valence-electron chi connectivity index (χ2n) is 9.25. The van der Waals surface area contributed by atoms with E-state index in [9.17, 15) is 8.42 Å². The quantitative estimate of drug-likeness (QED) is 0.755. The highest BCUT2D eigenvalue weighted by molar-refractivity contribution is 7.88. The lowest BCUT2D eigenvalue weighted by molar-refractivity contribution is -0.0349. The van der Waals surface area contributed by atoms with E-state index < -0.39 is 10.0 Å². The van der Waals surface area contributed by atoms with E-state index in [4.69, 9.17) is 0 Å². The highest BCUT2D eigenvalue weighted by Gasteiger charge is 2.46. The van der Waals surface area contributed by atoms with Gasteiger partial charge in [-0.15, -0.1) is 0 Å². The van der Waals surface area contributed by atoms with Gasteiger partial charge in [0.1, 0.15) is 0 Å². The molecule has 5 nitrogen and oxygen atoms in total. The number of hydrogen-bond donors (Lipinski definition) is 1. The largest absolute Gasteiger partial charge is 0.303 e. The number of piperidine rings is 2. The van der Waals surface area contributed by atoms with Gasteiger partial charge in [-0.1, -0.05) is 44.2 Å². The van der Waals surface area contributed by atoms with Crippen molar-refractivity contribution >= 4 is 10.0 Å². The molecule has 0 bridgehead atoms. The van der Waals surface area contributed by atoms with Crippen LogP contribution in [0, 0.1) is 11.3 Å². The van der Waals surface area contributed by atoms with Crippen LogP contribution in [-0.2, 0) is 16.6 Å². The number of nitrogens with one attached hydrogen (secondary N) is 1. The Morgan fingerprint density at radius 1 is 1.11 bits per heavy atom. The van der Waals surface area contributed by atoms with Crippen LogP contribution in [0.15, 0.2) is 30.3 Å². The number of hydrogen-bond acceptors (Lipinski definition) is 4. The minimum Gasteiger partial charge on any atom is -0.303 e. The lowest BCUT2D eigenvalue weighted by atomic mass is 9.66. The van der Waals surface area contributed by atoms with Crippen molar-refractivity contribution in [3.8, 4) is 0 Å². The van der Waals surface area contributed by atoms with E-state index in [-0.39, 0.29) is 11.5 Å². The maximum absolute atomic E-state index is 11.8. The summed E-state index contributed by atoms with van der Waals surface area (Å²) >= 11 is 0. The van der Waals surface area contributed by atoms with Crippen molar-refractivity contribution in [1.29, 1.82) is 0 Å². The zero-order valence-electron chi connectivity index (χ0n) is 17.7. The third kappa shape index (κ3) is 5.78. The van der Waals surface area contributed by atoms with Crippen molar-refractivity contribution in [3.05, 3.63) is 35.9 Å². The fourth-order valence-electron chi connectivity index (χ4n) is 5.21. The second-order valence-corrected chi connectivity index (χ2v) is 11.1. The first-order chi connectivity index (χ1) is 13.3. The van der Waals surface area contributed by atoms with E-state index in [0.717, 1.165) is 32.7 Å². The summed E-state index contributed by atoms with van der Waals surface area (Å²) in [5.74, 6) is 0.692. The van der Waals surface area contributed by atoms with Gasteiger partial charge in [0.05, 0.1) is 6.26 Å². The summed E-state index contributed by atoms with van der Waals surface area (Å²) in [7, 11) is -3.19. The third-order valence-corrected chi connectivity index (χ3v) is 7.20. The normalized spacial score (nSPS) is 24.1. The predicted octanol–water partition coefficient (Wildman–Crippen LogP) is 2.94. The van der Waals surface area contributed by atoms with Gasteiger partial charge in [-0.05, 0) is 62.2 Å². The summed E-state index contributed by atoms with van der Waals surface area (Å²) in [5.41, 5.74) is 1.53. The number of rotatable bonds is 7. The van der Waals surface area contributed by atoms with Crippen molar-refractivity contribution in [1.82, 2.24) is 14.5 Å². The average Bonchev–Trinajstić information content (AvgIpc) is 2.63. The number of nitrogens with zero attached hydrogens (tertiary/aromatic N) is 2. The summed E-state index contributed by atoms with van der Waals surface area (Å²) in [6.45, 7) is 10.5. The van der Waals surface area contributed by atoms with E-state index in [1.807, 2.05) is 6.07 Å². The Labute approximate surface area is 171 Å². The summed E-state index contributed by atoms with van der Waals surface area (Å²) < 4.78 is 26.5. The van der Waals surface area contributed by atoms with Gasteiger partial charge in [0, 0.05) is 25.7 Å². The SMILES string of the molecule is CC(C)CN1CCC2(CCCN(Cc3ccccc3)[C@H]2CNS(C)(=O)=O)CC1. The Morgan fingerprint density at radius 2 is 1.79 bits per heavy atom. The predicted molar refractivity (Wildman–Crippen MR) is 116 cm³/mol. The molecule has 1 aromatic rings. The lowest BCUT2D eigenvalue weighted by Crippen LogP contribution is -2.59. The number of benzene rings is 1. The molecule has 2 saturated heterocycles. The second kappa shape index (κ2) is 9.24. The Kier molecular flexibility index (Phi) is 7.18. The Bertz CT molecular complexity index is 713. The summed E-state index contributed by atoms with van der Waals surface area (Å²) in [4.78, 5) is 5.13. The molecule has 0 amide bonds. The highest BCUT2D eigenvalue weighted by Crippen LogP contribution is 2.45. The van der Waals surface area contributed by atoms with Gasteiger partial charge < -0.3 is 4.90 Å². The van der Waals surface area contributed by atoms with Crippen molar-refractivity contribution in [2.75, 3.05) is 39.0 Å². The molecule has 6 heteroatoms. The first-order valence-electron chi connectivity index (χ1n) is 10.7. The van der Waals surface area contributed by atoms with E-state index in [1.165, 1.54) is 37.5 Å². The molecule has 1 aromatic carbocycles. The fourth-order valence-corrected chi connectivity index (χ4v) is 5.67. The van der Waals surface area contributed by atoms with Crippen LogP contribution >= 0.6 is 0 Å². The minimum atomic E-state index is -3.19. The van der Waals surface area contributed by atoms with Crippen LogP contribution in [0.5, 0.6) is 0 Å². The smallest absolute Gasteiger partial charge is 0.208 e. The molecule has 2 heterocycles.